The minimum atomic E-state index is -0.450. The van der Waals surface area contributed by atoms with Crippen LogP contribution in [-0.2, 0) is 9.47 Å². The number of hydrogen-bond donors (Lipinski definition) is 1. The van der Waals surface area contributed by atoms with E-state index in [0.717, 1.165) is 71.0 Å². The third-order valence-corrected chi connectivity index (χ3v) is 5.23. The van der Waals surface area contributed by atoms with Crippen LogP contribution in [0.5, 0.6) is 0 Å². The summed E-state index contributed by atoms with van der Waals surface area (Å²) in [6.45, 7) is 15.7. The molecule has 2 fully saturated rings. The minimum absolute atomic E-state index is 0.205. The van der Waals surface area contributed by atoms with Crippen molar-refractivity contribution >= 4 is 12.1 Å². The number of guanidine groups is 1. The molecule has 7 nitrogen and oxygen atoms in total. The molecule has 7 heteroatoms. The number of hydrogen-bond acceptors (Lipinski definition) is 4. The maximum atomic E-state index is 12.4. The number of piperidine rings is 1. The van der Waals surface area contributed by atoms with Crippen molar-refractivity contribution in [3.8, 4) is 0 Å². The number of rotatable bonds is 6. The van der Waals surface area contributed by atoms with Crippen LogP contribution in [0.2, 0.25) is 0 Å². The van der Waals surface area contributed by atoms with Crippen LogP contribution in [0, 0.1) is 5.92 Å². The number of aliphatic imine (C=N–C) groups is 1. The summed E-state index contributed by atoms with van der Waals surface area (Å²) >= 11 is 0. The summed E-state index contributed by atoms with van der Waals surface area (Å²) in [7, 11) is 0. The van der Waals surface area contributed by atoms with Crippen molar-refractivity contribution in [2.75, 3.05) is 45.9 Å². The first-order valence-corrected chi connectivity index (χ1v) is 10.9. The van der Waals surface area contributed by atoms with Crippen LogP contribution in [0.1, 0.15) is 60.3 Å². The highest BCUT2D eigenvalue weighted by Gasteiger charge is 2.27. The molecule has 28 heavy (non-hydrogen) atoms. The molecule has 0 aromatic carbocycles. The smallest absolute Gasteiger partial charge is 0.410 e. The average molecular weight is 397 g/mol. The molecule has 2 rings (SSSR count). The maximum absolute atomic E-state index is 12.4. The zero-order valence-corrected chi connectivity index (χ0v) is 18.5. The van der Waals surface area contributed by atoms with Gasteiger partial charge in [-0.05, 0) is 66.2 Å². The van der Waals surface area contributed by atoms with E-state index in [0.29, 0.717) is 12.5 Å². The molecule has 0 radical (unpaired) electrons. The fraction of sp³-hybridized carbons (Fsp3) is 0.905. The predicted octanol–water partition coefficient (Wildman–Crippen LogP) is 3.10. The summed E-state index contributed by atoms with van der Waals surface area (Å²) in [4.78, 5) is 21.4. The first-order chi connectivity index (χ1) is 13.3. The quantitative estimate of drug-likeness (QED) is 0.552. The molecule has 2 heterocycles. The van der Waals surface area contributed by atoms with Gasteiger partial charge in [-0.1, -0.05) is 0 Å². The summed E-state index contributed by atoms with van der Waals surface area (Å²) in [6, 6.07) is 0. The van der Waals surface area contributed by atoms with E-state index in [4.69, 9.17) is 14.5 Å². The Kier molecular flexibility index (Phi) is 8.86. The summed E-state index contributed by atoms with van der Waals surface area (Å²) in [6.07, 6.45) is 4.45. The molecule has 2 aliphatic rings. The van der Waals surface area contributed by atoms with E-state index in [1.807, 2.05) is 32.6 Å². The predicted molar refractivity (Wildman–Crippen MR) is 113 cm³/mol. The van der Waals surface area contributed by atoms with Gasteiger partial charge in [0.1, 0.15) is 5.60 Å². The monoisotopic (exact) mass is 396 g/mol. The van der Waals surface area contributed by atoms with E-state index in [1.54, 1.807) is 0 Å². The van der Waals surface area contributed by atoms with Gasteiger partial charge in [0.15, 0.2) is 5.96 Å². The van der Waals surface area contributed by atoms with E-state index in [2.05, 4.69) is 17.1 Å². The van der Waals surface area contributed by atoms with Crippen molar-refractivity contribution in [1.29, 1.82) is 0 Å². The third-order valence-electron chi connectivity index (χ3n) is 5.23. The molecular weight excluding hydrogens is 356 g/mol. The molecule has 2 aliphatic heterocycles. The molecule has 0 saturated carbocycles. The van der Waals surface area contributed by atoms with Gasteiger partial charge in [0.05, 0.1) is 12.6 Å². The van der Waals surface area contributed by atoms with Crippen LogP contribution >= 0.6 is 0 Å². The van der Waals surface area contributed by atoms with Crippen molar-refractivity contribution < 1.29 is 14.3 Å². The topological polar surface area (TPSA) is 66.4 Å². The van der Waals surface area contributed by atoms with Gasteiger partial charge in [-0.25, -0.2) is 4.79 Å². The van der Waals surface area contributed by atoms with Gasteiger partial charge in [-0.15, -0.1) is 0 Å². The highest BCUT2D eigenvalue weighted by atomic mass is 16.6. The second-order valence-corrected chi connectivity index (χ2v) is 8.78. The van der Waals surface area contributed by atoms with Gasteiger partial charge in [0.25, 0.3) is 0 Å². The number of carbonyl (C=O) groups excluding carboxylic acids is 1. The van der Waals surface area contributed by atoms with Crippen LogP contribution in [-0.4, -0.2) is 79.4 Å². The largest absolute Gasteiger partial charge is 0.444 e. The fourth-order valence-corrected chi connectivity index (χ4v) is 3.70. The molecule has 162 valence electrons. The first kappa shape index (κ1) is 22.8. The van der Waals surface area contributed by atoms with E-state index in [9.17, 15) is 4.79 Å². The third kappa shape index (κ3) is 7.49. The number of nitrogens with zero attached hydrogens (tertiary/aromatic N) is 3. The van der Waals surface area contributed by atoms with Gasteiger partial charge in [-0.2, -0.15) is 0 Å². The van der Waals surface area contributed by atoms with Crippen molar-refractivity contribution in [3.63, 3.8) is 0 Å². The zero-order valence-electron chi connectivity index (χ0n) is 18.5. The Bertz CT molecular complexity index is 504. The number of likely N-dealkylation sites (tertiary alicyclic amines) is 1. The Morgan fingerprint density at radius 1 is 1.25 bits per heavy atom. The molecule has 1 N–H and O–H groups in total. The van der Waals surface area contributed by atoms with E-state index in [1.165, 1.54) is 0 Å². The highest BCUT2D eigenvalue weighted by molar-refractivity contribution is 5.80. The molecule has 1 amide bonds. The molecular formula is C21H40N4O3. The van der Waals surface area contributed by atoms with Gasteiger partial charge in [0.2, 0.25) is 0 Å². The minimum Gasteiger partial charge on any atom is -0.444 e. The van der Waals surface area contributed by atoms with Crippen molar-refractivity contribution in [2.45, 2.75) is 72.0 Å². The zero-order chi connectivity index (χ0) is 20.6. The molecule has 0 spiro atoms. The lowest BCUT2D eigenvalue weighted by Crippen LogP contribution is -2.48. The summed E-state index contributed by atoms with van der Waals surface area (Å²) < 4.78 is 11.2. The lowest BCUT2D eigenvalue weighted by molar-refractivity contribution is 0.0214. The Labute approximate surface area is 170 Å². The standard InChI is InChI=1S/C21H40N4O3/c1-6-22-19(23-15-18-9-8-14-27-18)25-12-10-17(11-13-25)16-24(7-2)20(26)28-21(3,4)5/h17-18H,6-16H2,1-5H3,(H,22,23). The normalized spacial score (nSPS) is 21.7. The van der Waals surface area contributed by atoms with E-state index in [-0.39, 0.29) is 12.2 Å². The van der Waals surface area contributed by atoms with E-state index >= 15 is 0 Å². The second-order valence-electron chi connectivity index (χ2n) is 8.78. The van der Waals surface area contributed by atoms with Gasteiger partial charge in [0, 0.05) is 39.3 Å². The van der Waals surface area contributed by atoms with Gasteiger partial charge >= 0.3 is 6.09 Å². The molecule has 0 aliphatic carbocycles. The van der Waals surface area contributed by atoms with Gasteiger partial charge < -0.3 is 24.6 Å². The van der Waals surface area contributed by atoms with Gasteiger partial charge in [-0.3, -0.25) is 4.99 Å². The van der Waals surface area contributed by atoms with Crippen molar-refractivity contribution in [2.24, 2.45) is 10.9 Å². The summed E-state index contributed by atoms with van der Waals surface area (Å²) in [5.41, 5.74) is -0.450. The Morgan fingerprint density at radius 2 is 1.96 bits per heavy atom. The number of ether oxygens (including phenoxy) is 2. The SMILES string of the molecule is CCNC(=NCC1CCCO1)N1CCC(CN(CC)C(=O)OC(C)(C)C)CC1. The highest BCUT2D eigenvalue weighted by Crippen LogP contribution is 2.20. The Morgan fingerprint density at radius 3 is 2.50 bits per heavy atom. The summed E-state index contributed by atoms with van der Waals surface area (Å²) in [5, 5.41) is 3.42. The molecule has 2 saturated heterocycles. The van der Waals surface area contributed by atoms with Crippen LogP contribution in [0.3, 0.4) is 0 Å². The second kappa shape index (κ2) is 10.9. The van der Waals surface area contributed by atoms with Crippen molar-refractivity contribution in [1.82, 2.24) is 15.1 Å². The first-order valence-electron chi connectivity index (χ1n) is 10.9. The fourth-order valence-electron chi connectivity index (χ4n) is 3.70. The molecule has 1 unspecified atom stereocenters. The number of amides is 1. The van der Waals surface area contributed by atoms with Crippen LogP contribution in [0.4, 0.5) is 4.79 Å². The average Bonchev–Trinajstić information content (AvgIpc) is 3.16. The summed E-state index contributed by atoms with van der Waals surface area (Å²) in [5.74, 6) is 1.50. The Balaban J connectivity index is 1.83. The van der Waals surface area contributed by atoms with Crippen LogP contribution in [0.25, 0.3) is 0 Å². The van der Waals surface area contributed by atoms with Crippen LogP contribution < -0.4 is 5.32 Å². The lowest BCUT2D eigenvalue weighted by atomic mass is 9.96. The van der Waals surface area contributed by atoms with E-state index < -0.39 is 5.60 Å². The lowest BCUT2D eigenvalue weighted by Gasteiger charge is -2.36. The molecule has 0 aromatic heterocycles. The number of carbonyl (C=O) groups is 1. The molecule has 0 bridgehead atoms. The van der Waals surface area contributed by atoms with Crippen LogP contribution in [0.15, 0.2) is 4.99 Å². The molecule has 1 atom stereocenters. The molecule has 0 aromatic rings. The number of nitrogens with one attached hydrogen (secondary N) is 1. The Hall–Kier alpha value is -1.50. The maximum Gasteiger partial charge on any atom is 0.410 e. The van der Waals surface area contributed by atoms with Crippen molar-refractivity contribution in [3.05, 3.63) is 0 Å².